The number of aromatic carboxylic acids is 1. The van der Waals surface area contributed by atoms with E-state index in [1.165, 1.54) is 12.1 Å². The lowest BCUT2D eigenvalue weighted by atomic mass is 10.2. The molecule has 1 fully saturated rings. The minimum Gasteiger partial charge on any atom is -0.497 e. The van der Waals surface area contributed by atoms with E-state index in [-0.39, 0.29) is 17.5 Å². The summed E-state index contributed by atoms with van der Waals surface area (Å²) in [5, 5.41) is 18.3. The summed E-state index contributed by atoms with van der Waals surface area (Å²) in [6.45, 7) is 3.66. The number of carboxylic acids is 1. The van der Waals surface area contributed by atoms with Crippen LogP contribution in [0, 0.1) is 0 Å². The first kappa shape index (κ1) is 25.1. The summed E-state index contributed by atoms with van der Waals surface area (Å²) in [4.78, 5) is 29.9. The number of carbonyl (C=O) groups is 2. The van der Waals surface area contributed by atoms with E-state index in [0.29, 0.717) is 54.4 Å². The molecule has 1 unspecified atom stereocenters. The Kier molecular flexibility index (Phi) is 7.12. The van der Waals surface area contributed by atoms with Gasteiger partial charge in [-0.05, 0) is 48.4 Å². The molecule has 2 N–H and O–H groups in total. The van der Waals surface area contributed by atoms with E-state index in [1.54, 1.807) is 31.5 Å². The van der Waals surface area contributed by atoms with Crippen molar-refractivity contribution < 1.29 is 24.2 Å². The Labute approximate surface area is 219 Å². The first-order valence-electron chi connectivity index (χ1n) is 12.5. The van der Waals surface area contributed by atoms with Gasteiger partial charge in [0.15, 0.2) is 11.5 Å². The second-order valence-electron chi connectivity index (χ2n) is 9.12. The van der Waals surface area contributed by atoms with Crippen LogP contribution in [0.25, 0.3) is 11.0 Å². The molecule has 2 aromatic heterocycles. The molecule has 4 aromatic rings. The van der Waals surface area contributed by atoms with Crippen molar-refractivity contribution >= 4 is 28.7 Å². The van der Waals surface area contributed by atoms with Gasteiger partial charge in [-0.25, -0.2) is 14.5 Å². The topological polar surface area (TPSA) is 119 Å². The summed E-state index contributed by atoms with van der Waals surface area (Å²) in [6.07, 6.45) is 2.96. The number of likely N-dealkylation sites (tertiary alicyclic amines) is 1. The Balaban J connectivity index is 1.49. The quantitative estimate of drug-likeness (QED) is 0.337. The Morgan fingerprint density at radius 2 is 1.82 bits per heavy atom. The number of carboxylic acid groups (broad SMARTS) is 1. The predicted octanol–water partition coefficient (Wildman–Crippen LogP) is 4.40. The van der Waals surface area contributed by atoms with Crippen LogP contribution in [0.1, 0.15) is 35.7 Å². The zero-order valence-electron chi connectivity index (χ0n) is 21.3. The number of aromatic nitrogens is 3. The van der Waals surface area contributed by atoms with E-state index in [0.717, 1.165) is 17.7 Å². The number of hydrogen-bond donors (Lipinski definition) is 2. The molecule has 38 heavy (non-hydrogen) atoms. The van der Waals surface area contributed by atoms with Gasteiger partial charge < -0.3 is 24.8 Å². The monoisotopic (exact) mass is 515 g/mol. The normalized spacial score (nSPS) is 15.0. The number of methoxy groups -OCH3 is 1. The molecule has 0 aliphatic carbocycles. The zero-order chi connectivity index (χ0) is 26.6. The van der Waals surface area contributed by atoms with Crippen LogP contribution in [0.2, 0.25) is 0 Å². The molecule has 1 aliphatic heterocycles. The zero-order valence-corrected chi connectivity index (χ0v) is 21.3. The third-order valence-corrected chi connectivity index (χ3v) is 6.60. The number of carbonyl (C=O) groups excluding carboxylic acids is 1. The van der Waals surface area contributed by atoms with E-state index >= 15 is 0 Å². The van der Waals surface area contributed by atoms with Gasteiger partial charge in [0.25, 0.3) is 0 Å². The highest BCUT2D eigenvalue weighted by molar-refractivity contribution is 5.94. The molecule has 5 rings (SSSR count). The molecule has 1 atom stereocenters. The maximum Gasteiger partial charge on any atom is 0.335 e. The van der Waals surface area contributed by atoms with Crippen LogP contribution in [0.3, 0.4) is 0 Å². The first-order chi connectivity index (χ1) is 18.4. The number of ether oxygens (including phenoxy) is 2. The lowest BCUT2D eigenvalue weighted by Crippen LogP contribution is -2.31. The summed E-state index contributed by atoms with van der Waals surface area (Å²) in [5.74, 6) is 1.57. The van der Waals surface area contributed by atoms with Gasteiger partial charge in [-0.2, -0.15) is 5.10 Å². The fourth-order valence-electron chi connectivity index (χ4n) is 4.58. The van der Waals surface area contributed by atoms with Gasteiger partial charge in [-0.1, -0.05) is 19.1 Å². The standard InChI is InChI=1S/C28H29N5O5/c1-3-24(34)32-15-13-20(17-32)30-26-25-23(38-22-10-6-19(7-11-22)28(35)36)12-14-29-27(25)33(31-26)16-18-4-8-21(37-2)9-5-18/h4-12,14,20H,3,13,15-17H2,1-2H3,(H,30,31)(H,35,36). The molecule has 3 heterocycles. The first-order valence-corrected chi connectivity index (χ1v) is 12.5. The van der Waals surface area contributed by atoms with Crippen molar-refractivity contribution in [2.45, 2.75) is 32.4 Å². The number of anilines is 1. The minimum absolute atomic E-state index is 0.0425. The number of fused-ring (bicyclic) bond motifs is 1. The van der Waals surface area contributed by atoms with Gasteiger partial charge in [0.1, 0.15) is 22.6 Å². The molecule has 0 radical (unpaired) electrons. The highest BCUT2D eigenvalue weighted by Gasteiger charge is 2.27. The van der Waals surface area contributed by atoms with Crippen LogP contribution >= 0.6 is 0 Å². The van der Waals surface area contributed by atoms with Crippen molar-refractivity contribution in [3.63, 3.8) is 0 Å². The Morgan fingerprint density at radius 1 is 1.08 bits per heavy atom. The molecular weight excluding hydrogens is 486 g/mol. The molecule has 1 saturated heterocycles. The van der Waals surface area contributed by atoms with Gasteiger partial charge in [0, 0.05) is 37.8 Å². The number of rotatable bonds is 9. The Hall–Kier alpha value is -4.60. The number of pyridine rings is 1. The van der Waals surface area contributed by atoms with Crippen molar-refractivity contribution in [2.75, 3.05) is 25.5 Å². The fourth-order valence-corrected chi connectivity index (χ4v) is 4.58. The minimum atomic E-state index is -0.999. The van der Waals surface area contributed by atoms with E-state index in [1.807, 2.05) is 40.8 Å². The van der Waals surface area contributed by atoms with Gasteiger partial charge >= 0.3 is 5.97 Å². The predicted molar refractivity (Wildman–Crippen MR) is 142 cm³/mol. The highest BCUT2D eigenvalue weighted by Crippen LogP contribution is 2.35. The van der Waals surface area contributed by atoms with Crippen LogP contribution in [-0.2, 0) is 11.3 Å². The second kappa shape index (κ2) is 10.8. The van der Waals surface area contributed by atoms with Crippen LogP contribution < -0.4 is 14.8 Å². The number of benzene rings is 2. The van der Waals surface area contributed by atoms with E-state index in [4.69, 9.17) is 14.6 Å². The van der Waals surface area contributed by atoms with E-state index in [2.05, 4.69) is 10.3 Å². The number of amides is 1. The van der Waals surface area contributed by atoms with E-state index < -0.39 is 5.97 Å². The van der Waals surface area contributed by atoms with Gasteiger partial charge in [0.05, 0.1) is 19.2 Å². The van der Waals surface area contributed by atoms with Crippen molar-refractivity contribution in [3.8, 4) is 17.2 Å². The van der Waals surface area contributed by atoms with Crippen molar-refractivity contribution in [3.05, 3.63) is 71.9 Å². The molecule has 1 amide bonds. The van der Waals surface area contributed by atoms with Gasteiger partial charge in [0.2, 0.25) is 5.91 Å². The van der Waals surface area contributed by atoms with Gasteiger partial charge in [-0.3, -0.25) is 4.79 Å². The van der Waals surface area contributed by atoms with Crippen LogP contribution in [0.4, 0.5) is 5.82 Å². The van der Waals surface area contributed by atoms with Gasteiger partial charge in [-0.15, -0.1) is 0 Å². The lowest BCUT2D eigenvalue weighted by molar-refractivity contribution is -0.129. The SMILES string of the molecule is CCC(=O)N1CCC(Nc2nn(Cc3ccc(OC)cc3)c3nccc(Oc4ccc(C(=O)O)cc4)c23)C1. The number of hydrogen-bond acceptors (Lipinski definition) is 7. The Morgan fingerprint density at radius 3 is 2.50 bits per heavy atom. The molecule has 0 saturated carbocycles. The molecular formula is C28H29N5O5. The summed E-state index contributed by atoms with van der Waals surface area (Å²) < 4.78 is 13.3. The third kappa shape index (κ3) is 5.24. The van der Waals surface area contributed by atoms with Crippen LogP contribution in [0.5, 0.6) is 17.2 Å². The molecule has 0 bridgehead atoms. The van der Waals surface area contributed by atoms with Crippen molar-refractivity contribution in [2.24, 2.45) is 0 Å². The fraction of sp³-hybridized carbons (Fsp3) is 0.286. The smallest absolute Gasteiger partial charge is 0.335 e. The highest BCUT2D eigenvalue weighted by atomic mass is 16.5. The molecule has 10 nitrogen and oxygen atoms in total. The van der Waals surface area contributed by atoms with Crippen molar-refractivity contribution in [1.82, 2.24) is 19.7 Å². The lowest BCUT2D eigenvalue weighted by Gasteiger charge is -2.16. The van der Waals surface area contributed by atoms with E-state index in [9.17, 15) is 14.7 Å². The number of nitrogens with one attached hydrogen (secondary N) is 1. The Bertz CT molecular complexity index is 1450. The molecule has 2 aromatic carbocycles. The summed E-state index contributed by atoms with van der Waals surface area (Å²) in [5.41, 5.74) is 1.85. The van der Waals surface area contributed by atoms with Crippen LogP contribution in [0.15, 0.2) is 60.8 Å². The maximum absolute atomic E-state index is 12.2. The summed E-state index contributed by atoms with van der Waals surface area (Å²) >= 11 is 0. The van der Waals surface area contributed by atoms with Crippen molar-refractivity contribution in [1.29, 1.82) is 0 Å². The average Bonchev–Trinajstić information content (AvgIpc) is 3.54. The summed E-state index contributed by atoms with van der Waals surface area (Å²) in [7, 11) is 1.63. The molecule has 196 valence electrons. The average molecular weight is 516 g/mol. The number of nitrogens with zero attached hydrogens (tertiary/aromatic N) is 4. The maximum atomic E-state index is 12.2. The van der Waals surface area contributed by atoms with Crippen LogP contribution in [-0.4, -0.2) is 62.9 Å². The molecule has 1 aliphatic rings. The second-order valence-corrected chi connectivity index (χ2v) is 9.12. The largest absolute Gasteiger partial charge is 0.497 e. The summed E-state index contributed by atoms with van der Waals surface area (Å²) in [6, 6.07) is 15.8. The molecule has 10 heteroatoms. The molecule has 0 spiro atoms. The third-order valence-electron chi connectivity index (χ3n) is 6.60.